The molecule has 0 aliphatic heterocycles. The Morgan fingerprint density at radius 2 is 1.29 bits per heavy atom. The summed E-state index contributed by atoms with van der Waals surface area (Å²) in [6.45, 7) is 17.0. The highest BCUT2D eigenvalue weighted by Crippen LogP contribution is 2.58. The molecule has 2 aromatic rings. The van der Waals surface area contributed by atoms with Gasteiger partial charge in [-0.1, -0.05) is 108 Å². The molecule has 0 heterocycles. The quantitative estimate of drug-likeness (QED) is 0.419. The fourth-order valence-electron chi connectivity index (χ4n) is 5.86. The number of halogens is 1. The van der Waals surface area contributed by atoms with Gasteiger partial charge in [0.15, 0.2) is 0 Å². The third kappa shape index (κ3) is 2.92. The van der Waals surface area contributed by atoms with Crippen molar-refractivity contribution in [1.82, 2.24) is 0 Å². The van der Waals surface area contributed by atoms with Crippen LogP contribution in [0.2, 0.25) is 19.6 Å². The molecule has 0 bridgehead atoms. The first-order chi connectivity index (χ1) is 13.0. The molecule has 2 heteroatoms. The molecule has 2 unspecified atom stereocenters. The van der Waals surface area contributed by atoms with Crippen LogP contribution in [-0.4, -0.2) is 8.07 Å². The minimum absolute atomic E-state index is 0.108. The summed E-state index contributed by atoms with van der Waals surface area (Å²) in [5, 5.41) is 1.60. The maximum Gasteiger partial charge on any atom is 0.0783 e. The molecular formula is C26H31BrSi. The van der Waals surface area contributed by atoms with E-state index in [9.17, 15) is 0 Å². The van der Waals surface area contributed by atoms with Gasteiger partial charge in [-0.2, -0.15) is 0 Å². The van der Waals surface area contributed by atoms with Crippen LogP contribution in [0.3, 0.4) is 0 Å². The van der Waals surface area contributed by atoms with Crippen LogP contribution in [0.25, 0.3) is 12.2 Å². The Hall–Kier alpha value is -1.38. The average Bonchev–Trinajstić information content (AvgIpc) is 3.10. The van der Waals surface area contributed by atoms with E-state index in [0.717, 1.165) is 0 Å². The smallest absolute Gasteiger partial charge is 0.0656 e. The van der Waals surface area contributed by atoms with Crippen molar-refractivity contribution in [2.45, 2.75) is 59.2 Å². The lowest BCUT2D eigenvalue weighted by molar-refractivity contribution is 0.275. The van der Waals surface area contributed by atoms with Gasteiger partial charge in [-0.15, -0.1) is 0 Å². The van der Waals surface area contributed by atoms with Crippen molar-refractivity contribution >= 4 is 41.3 Å². The Morgan fingerprint density at radius 1 is 0.786 bits per heavy atom. The van der Waals surface area contributed by atoms with Gasteiger partial charge in [0.25, 0.3) is 0 Å². The monoisotopic (exact) mass is 450 g/mol. The molecule has 28 heavy (non-hydrogen) atoms. The molecule has 0 saturated heterocycles. The second-order valence-electron chi connectivity index (χ2n) is 10.3. The highest BCUT2D eigenvalue weighted by Gasteiger charge is 2.45. The van der Waals surface area contributed by atoms with E-state index in [1.54, 1.807) is 10.8 Å². The van der Waals surface area contributed by atoms with E-state index in [1.807, 2.05) is 0 Å². The standard InChI is InChI=1S/C26H31BrSi/c1-16-14-20-18(10-8-12-22(20)27)24(16)26(3,4)25-17(2)15-21-19(25)11-9-13-23(21)28(5,6)7/h8-15,24-25H,1-7H3. The Morgan fingerprint density at radius 3 is 1.86 bits per heavy atom. The largest absolute Gasteiger partial charge is 0.0783 e. The van der Waals surface area contributed by atoms with Gasteiger partial charge in [0.2, 0.25) is 0 Å². The SMILES string of the molecule is CC1=Cc2c(Br)cccc2C1C(C)(C)C1C(C)=Cc2c1cccc2[Si](C)(C)C. The summed E-state index contributed by atoms with van der Waals surface area (Å²) in [5.74, 6) is 0.895. The predicted octanol–water partition coefficient (Wildman–Crippen LogP) is 7.72. The normalized spacial score (nSPS) is 21.3. The van der Waals surface area contributed by atoms with Crippen molar-refractivity contribution in [3.8, 4) is 0 Å². The number of fused-ring (bicyclic) bond motifs is 2. The molecule has 146 valence electrons. The first kappa shape index (κ1) is 19.9. The van der Waals surface area contributed by atoms with E-state index in [-0.39, 0.29) is 5.41 Å². The van der Waals surface area contributed by atoms with Crippen LogP contribution < -0.4 is 5.19 Å². The molecule has 0 aromatic heterocycles. The van der Waals surface area contributed by atoms with Gasteiger partial charge in [0, 0.05) is 16.3 Å². The average molecular weight is 452 g/mol. The van der Waals surface area contributed by atoms with Gasteiger partial charge >= 0.3 is 0 Å². The molecule has 0 nitrogen and oxygen atoms in total. The van der Waals surface area contributed by atoms with Gasteiger partial charge in [-0.05, 0) is 47.6 Å². The van der Waals surface area contributed by atoms with E-state index in [0.29, 0.717) is 11.8 Å². The van der Waals surface area contributed by atoms with Crippen molar-refractivity contribution in [2.75, 3.05) is 0 Å². The van der Waals surface area contributed by atoms with Gasteiger partial charge in [-0.25, -0.2) is 0 Å². The zero-order valence-electron chi connectivity index (χ0n) is 18.2. The van der Waals surface area contributed by atoms with Crippen molar-refractivity contribution < 1.29 is 0 Å². The Balaban J connectivity index is 1.85. The molecule has 2 atom stereocenters. The molecule has 2 aliphatic carbocycles. The fraction of sp³-hybridized carbons (Fsp3) is 0.385. The Bertz CT molecular complexity index is 1020. The molecule has 0 spiro atoms. The molecule has 2 aromatic carbocycles. The van der Waals surface area contributed by atoms with Crippen LogP contribution in [0.5, 0.6) is 0 Å². The van der Waals surface area contributed by atoms with E-state index in [1.165, 1.54) is 32.3 Å². The first-order valence-corrected chi connectivity index (χ1v) is 14.6. The summed E-state index contributed by atoms with van der Waals surface area (Å²) >= 11 is 3.77. The lowest BCUT2D eigenvalue weighted by atomic mass is 9.63. The lowest BCUT2D eigenvalue weighted by Gasteiger charge is -2.41. The summed E-state index contributed by atoms with van der Waals surface area (Å²) in [5.41, 5.74) is 9.01. The van der Waals surface area contributed by atoms with Crippen LogP contribution >= 0.6 is 15.9 Å². The second kappa shape index (κ2) is 6.57. The zero-order chi connectivity index (χ0) is 20.4. The van der Waals surface area contributed by atoms with Crippen molar-refractivity contribution in [3.05, 3.63) is 74.3 Å². The number of rotatable bonds is 3. The molecule has 0 radical (unpaired) electrons. The van der Waals surface area contributed by atoms with E-state index in [2.05, 4.69) is 112 Å². The van der Waals surface area contributed by atoms with Gasteiger partial charge in [0.1, 0.15) is 0 Å². The number of hydrogen-bond donors (Lipinski definition) is 0. The van der Waals surface area contributed by atoms with E-state index in [4.69, 9.17) is 0 Å². The fourth-order valence-corrected chi connectivity index (χ4v) is 7.98. The third-order valence-corrected chi connectivity index (χ3v) is 9.54. The Labute approximate surface area is 179 Å². The maximum atomic E-state index is 3.77. The maximum absolute atomic E-state index is 3.77. The summed E-state index contributed by atoms with van der Waals surface area (Å²) in [7, 11) is -1.38. The van der Waals surface area contributed by atoms with Crippen molar-refractivity contribution in [3.63, 3.8) is 0 Å². The Kier molecular flexibility index (Phi) is 4.67. The van der Waals surface area contributed by atoms with Gasteiger partial charge < -0.3 is 0 Å². The molecule has 0 N–H and O–H groups in total. The topological polar surface area (TPSA) is 0 Å². The van der Waals surface area contributed by atoms with Crippen LogP contribution in [-0.2, 0) is 0 Å². The van der Waals surface area contributed by atoms with Crippen LogP contribution in [0, 0.1) is 5.41 Å². The van der Waals surface area contributed by atoms with E-state index < -0.39 is 8.07 Å². The highest BCUT2D eigenvalue weighted by molar-refractivity contribution is 9.10. The lowest BCUT2D eigenvalue weighted by Crippen LogP contribution is -2.40. The summed E-state index contributed by atoms with van der Waals surface area (Å²) in [6.07, 6.45) is 4.88. The number of hydrogen-bond acceptors (Lipinski definition) is 0. The number of allylic oxidation sites excluding steroid dienone is 2. The van der Waals surface area contributed by atoms with Crippen LogP contribution in [0.15, 0.2) is 52.0 Å². The third-order valence-electron chi connectivity index (χ3n) is 6.80. The number of benzene rings is 2. The summed E-state index contributed by atoms with van der Waals surface area (Å²) < 4.78 is 1.21. The molecule has 4 rings (SSSR count). The van der Waals surface area contributed by atoms with Gasteiger partial charge in [0.05, 0.1) is 8.07 Å². The molecule has 0 fully saturated rings. The summed E-state index contributed by atoms with van der Waals surface area (Å²) in [6, 6.07) is 13.7. The van der Waals surface area contributed by atoms with E-state index >= 15 is 0 Å². The second-order valence-corrected chi connectivity index (χ2v) is 16.2. The summed E-state index contributed by atoms with van der Waals surface area (Å²) in [4.78, 5) is 0. The van der Waals surface area contributed by atoms with Crippen LogP contribution in [0.1, 0.15) is 61.8 Å². The first-order valence-electron chi connectivity index (χ1n) is 10.3. The van der Waals surface area contributed by atoms with Crippen molar-refractivity contribution in [2.24, 2.45) is 5.41 Å². The zero-order valence-corrected chi connectivity index (χ0v) is 20.7. The molecular weight excluding hydrogens is 420 g/mol. The minimum Gasteiger partial charge on any atom is -0.0656 e. The van der Waals surface area contributed by atoms with Crippen LogP contribution in [0.4, 0.5) is 0 Å². The predicted molar refractivity (Wildman–Crippen MR) is 130 cm³/mol. The molecule has 0 amide bonds. The molecule has 2 aliphatic rings. The van der Waals surface area contributed by atoms with Crippen molar-refractivity contribution in [1.29, 1.82) is 0 Å². The van der Waals surface area contributed by atoms with Gasteiger partial charge in [-0.3, -0.25) is 0 Å². The highest BCUT2D eigenvalue weighted by atomic mass is 79.9. The molecule has 0 saturated carbocycles. The minimum atomic E-state index is -1.38.